The summed E-state index contributed by atoms with van der Waals surface area (Å²) in [6.07, 6.45) is 0.343. The highest BCUT2D eigenvalue weighted by Gasteiger charge is 2.45. The lowest BCUT2D eigenvalue weighted by Crippen LogP contribution is -2.52. The van der Waals surface area contributed by atoms with Crippen LogP contribution in [0.4, 0.5) is 0 Å². The van der Waals surface area contributed by atoms with E-state index in [1.807, 2.05) is 0 Å². The van der Waals surface area contributed by atoms with Crippen molar-refractivity contribution in [3.63, 3.8) is 0 Å². The molecule has 9 heavy (non-hydrogen) atoms. The number of likely N-dealkylation sites (tertiary alicyclic amines) is 1. The van der Waals surface area contributed by atoms with E-state index in [0.29, 0.717) is 12.1 Å². The second kappa shape index (κ2) is 1.68. The number of nitrogens with zero attached hydrogens (tertiary/aromatic N) is 1. The third kappa shape index (κ3) is 0.625. The van der Waals surface area contributed by atoms with Gasteiger partial charge >= 0.3 is 0 Å². The minimum Gasteiger partial charge on any atom is -0.373 e. The van der Waals surface area contributed by atoms with E-state index in [1.54, 1.807) is 0 Å². The molecule has 0 aromatic heterocycles. The highest BCUT2D eigenvalue weighted by molar-refractivity contribution is 5.00. The van der Waals surface area contributed by atoms with E-state index in [0.717, 1.165) is 13.2 Å². The van der Waals surface area contributed by atoms with Crippen LogP contribution in [0, 0.1) is 0 Å². The van der Waals surface area contributed by atoms with Crippen LogP contribution in [0.25, 0.3) is 0 Å². The molecule has 3 heteroatoms. The van der Waals surface area contributed by atoms with Gasteiger partial charge in [-0.3, -0.25) is 4.90 Å². The van der Waals surface area contributed by atoms with Gasteiger partial charge in [-0.25, -0.2) is 0 Å². The summed E-state index contributed by atoms with van der Waals surface area (Å²) in [5.41, 5.74) is 5.74. The molecule has 0 aromatic carbocycles. The van der Waals surface area contributed by atoms with Gasteiger partial charge in [0.05, 0.1) is 18.8 Å². The predicted molar refractivity (Wildman–Crippen MR) is 34.1 cm³/mol. The van der Waals surface area contributed by atoms with Crippen LogP contribution >= 0.6 is 0 Å². The fourth-order valence-corrected chi connectivity index (χ4v) is 1.65. The van der Waals surface area contributed by atoms with Crippen LogP contribution in [0.2, 0.25) is 0 Å². The molecule has 0 aromatic rings. The number of likely N-dealkylation sites (N-methyl/N-ethyl adjacent to an activating group) is 1. The minimum atomic E-state index is 0.258. The van der Waals surface area contributed by atoms with Crippen molar-refractivity contribution >= 4 is 0 Å². The second-order valence-corrected chi connectivity index (χ2v) is 2.97. The molecule has 2 rings (SSSR count). The fourth-order valence-electron chi connectivity index (χ4n) is 1.65. The Morgan fingerprint density at radius 1 is 1.67 bits per heavy atom. The minimum absolute atomic E-state index is 0.258. The Morgan fingerprint density at radius 3 is 2.67 bits per heavy atom. The quantitative estimate of drug-likeness (QED) is 0.456. The first-order valence-corrected chi connectivity index (χ1v) is 3.36. The lowest BCUT2D eigenvalue weighted by molar-refractivity contribution is -0.0942. The molecule has 2 aliphatic rings. The Balaban J connectivity index is 2.08. The summed E-state index contributed by atoms with van der Waals surface area (Å²) >= 11 is 0. The highest BCUT2D eigenvalue weighted by Crippen LogP contribution is 2.26. The molecule has 0 saturated carbocycles. The normalized spacial score (nSPS) is 50.7. The smallest absolute Gasteiger partial charge is 0.0916 e. The molecule has 3 nitrogen and oxygen atoms in total. The summed E-state index contributed by atoms with van der Waals surface area (Å²) in [5.74, 6) is 0. The molecular weight excluding hydrogens is 116 g/mol. The molecule has 2 saturated heterocycles. The lowest BCUT2D eigenvalue weighted by atomic mass is 10.1. The molecule has 0 radical (unpaired) electrons. The van der Waals surface area contributed by atoms with Gasteiger partial charge in [0, 0.05) is 12.6 Å². The van der Waals surface area contributed by atoms with Crippen LogP contribution in [0.3, 0.4) is 0 Å². The van der Waals surface area contributed by atoms with Gasteiger partial charge in [-0.2, -0.15) is 0 Å². The SMILES string of the molecule is CN1C[C@@H](N)[C@@H]2OC[C@@H]21. The molecule has 2 aliphatic heterocycles. The Labute approximate surface area is 54.8 Å². The number of hydrogen-bond donors (Lipinski definition) is 1. The molecule has 3 atom stereocenters. The van der Waals surface area contributed by atoms with E-state index >= 15 is 0 Å². The first-order valence-electron chi connectivity index (χ1n) is 3.36. The largest absolute Gasteiger partial charge is 0.373 e. The maximum absolute atomic E-state index is 5.74. The molecule has 2 heterocycles. The van der Waals surface area contributed by atoms with E-state index in [9.17, 15) is 0 Å². The van der Waals surface area contributed by atoms with Gasteiger partial charge in [0.1, 0.15) is 0 Å². The summed E-state index contributed by atoms with van der Waals surface area (Å²) in [4.78, 5) is 2.28. The standard InChI is InChI=1S/C6H12N2O/c1-8-2-4(7)6-5(8)3-9-6/h4-6H,2-3,7H2,1H3/t4-,5+,6+/m1/s1. The van der Waals surface area contributed by atoms with Crippen molar-refractivity contribution in [1.29, 1.82) is 0 Å². The molecule has 0 amide bonds. The van der Waals surface area contributed by atoms with Crippen molar-refractivity contribution < 1.29 is 4.74 Å². The zero-order valence-electron chi connectivity index (χ0n) is 5.58. The van der Waals surface area contributed by atoms with E-state index < -0.39 is 0 Å². The summed E-state index contributed by atoms with van der Waals surface area (Å²) < 4.78 is 5.27. The zero-order chi connectivity index (χ0) is 6.43. The second-order valence-electron chi connectivity index (χ2n) is 2.97. The van der Waals surface area contributed by atoms with Crippen LogP contribution < -0.4 is 5.73 Å². The first kappa shape index (κ1) is 5.65. The lowest BCUT2D eigenvalue weighted by Gasteiger charge is -2.35. The third-order valence-electron chi connectivity index (χ3n) is 2.33. The maximum atomic E-state index is 5.74. The van der Waals surface area contributed by atoms with Crippen LogP contribution in [-0.2, 0) is 4.74 Å². The van der Waals surface area contributed by atoms with Gasteiger partial charge in [0.2, 0.25) is 0 Å². The Kier molecular flexibility index (Phi) is 1.06. The monoisotopic (exact) mass is 128 g/mol. The van der Waals surface area contributed by atoms with Gasteiger partial charge in [0.25, 0.3) is 0 Å². The van der Waals surface area contributed by atoms with Gasteiger partial charge in [0.15, 0.2) is 0 Å². The van der Waals surface area contributed by atoms with E-state index in [-0.39, 0.29) is 6.04 Å². The Hall–Kier alpha value is -0.120. The number of ether oxygens (including phenoxy) is 1. The molecule has 0 aliphatic carbocycles. The van der Waals surface area contributed by atoms with Gasteiger partial charge in [-0.05, 0) is 7.05 Å². The third-order valence-corrected chi connectivity index (χ3v) is 2.33. The van der Waals surface area contributed by atoms with Crippen LogP contribution in [0.1, 0.15) is 0 Å². The summed E-state index contributed by atoms with van der Waals surface area (Å²) in [6, 6.07) is 0.883. The van der Waals surface area contributed by atoms with Crippen molar-refractivity contribution in [2.75, 3.05) is 20.2 Å². The fraction of sp³-hybridized carbons (Fsp3) is 1.00. The van der Waals surface area contributed by atoms with Gasteiger partial charge < -0.3 is 10.5 Å². The molecular formula is C6H12N2O. The predicted octanol–water partition coefficient (Wildman–Crippen LogP) is -0.973. The number of nitrogens with two attached hydrogens (primary N) is 1. The van der Waals surface area contributed by atoms with Crippen LogP contribution in [-0.4, -0.2) is 43.3 Å². The highest BCUT2D eigenvalue weighted by atomic mass is 16.5. The van der Waals surface area contributed by atoms with Crippen molar-refractivity contribution in [3.8, 4) is 0 Å². The van der Waals surface area contributed by atoms with Crippen LogP contribution in [0.5, 0.6) is 0 Å². The molecule has 0 unspecified atom stereocenters. The topological polar surface area (TPSA) is 38.5 Å². The van der Waals surface area contributed by atoms with Gasteiger partial charge in [-0.15, -0.1) is 0 Å². The molecule has 52 valence electrons. The zero-order valence-corrected chi connectivity index (χ0v) is 5.58. The number of fused-ring (bicyclic) bond motifs is 1. The summed E-state index contributed by atoms with van der Waals surface area (Å²) in [7, 11) is 2.10. The average Bonchev–Trinajstić information content (AvgIpc) is 1.73. The Morgan fingerprint density at radius 2 is 2.44 bits per heavy atom. The molecule has 0 spiro atoms. The average molecular weight is 128 g/mol. The van der Waals surface area contributed by atoms with E-state index in [4.69, 9.17) is 10.5 Å². The van der Waals surface area contributed by atoms with Gasteiger partial charge in [-0.1, -0.05) is 0 Å². The number of hydrogen-bond acceptors (Lipinski definition) is 3. The van der Waals surface area contributed by atoms with Crippen molar-refractivity contribution in [1.82, 2.24) is 4.90 Å². The van der Waals surface area contributed by atoms with E-state index in [2.05, 4.69) is 11.9 Å². The molecule has 0 bridgehead atoms. The van der Waals surface area contributed by atoms with Crippen molar-refractivity contribution in [2.45, 2.75) is 18.2 Å². The Bertz CT molecular complexity index is 114. The van der Waals surface area contributed by atoms with Crippen molar-refractivity contribution in [2.24, 2.45) is 5.73 Å². The molecule has 2 N–H and O–H groups in total. The van der Waals surface area contributed by atoms with E-state index in [1.165, 1.54) is 0 Å². The summed E-state index contributed by atoms with van der Waals surface area (Å²) in [5, 5.41) is 0. The maximum Gasteiger partial charge on any atom is 0.0916 e. The number of rotatable bonds is 0. The van der Waals surface area contributed by atoms with Crippen molar-refractivity contribution in [3.05, 3.63) is 0 Å². The molecule has 2 fully saturated rings. The first-order chi connectivity index (χ1) is 4.29. The van der Waals surface area contributed by atoms with Crippen LogP contribution in [0.15, 0.2) is 0 Å². The summed E-state index contributed by atoms with van der Waals surface area (Å²) in [6.45, 7) is 1.88.